The van der Waals surface area contributed by atoms with Crippen LogP contribution in [-0.2, 0) is 16.0 Å². The molecule has 2 rings (SSSR count). The van der Waals surface area contributed by atoms with E-state index >= 15 is 0 Å². The van der Waals surface area contributed by atoms with Crippen LogP contribution in [0, 0.1) is 0 Å². The zero-order valence-electron chi connectivity index (χ0n) is 12.2. The highest BCUT2D eigenvalue weighted by Gasteiger charge is 2.21. The zero-order chi connectivity index (χ0) is 15.1. The van der Waals surface area contributed by atoms with Crippen LogP contribution in [0.3, 0.4) is 0 Å². The molecule has 2 amide bonds. The van der Waals surface area contributed by atoms with Crippen molar-refractivity contribution < 1.29 is 14.7 Å². The number of rotatable bonds is 3. The lowest BCUT2D eigenvalue weighted by Crippen LogP contribution is -2.43. The maximum atomic E-state index is 12.0. The quantitative estimate of drug-likeness (QED) is 0.828. The Morgan fingerprint density at radius 3 is 2.29 bits per heavy atom. The Morgan fingerprint density at radius 2 is 1.67 bits per heavy atom. The molecular formula is C16H22N2O3. The first-order valence-electron chi connectivity index (χ1n) is 7.52. The first-order valence-corrected chi connectivity index (χ1v) is 7.52. The second kappa shape index (κ2) is 7.67. The maximum Gasteiger partial charge on any atom is 0.311 e. The zero-order valence-corrected chi connectivity index (χ0v) is 12.2. The monoisotopic (exact) mass is 290 g/mol. The molecule has 0 bridgehead atoms. The van der Waals surface area contributed by atoms with E-state index in [2.05, 4.69) is 5.32 Å². The third kappa shape index (κ3) is 4.77. The van der Waals surface area contributed by atoms with Gasteiger partial charge in [0.05, 0.1) is 0 Å². The van der Waals surface area contributed by atoms with E-state index in [-0.39, 0.29) is 5.75 Å². The molecule has 1 aliphatic rings. The molecule has 1 fully saturated rings. The fourth-order valence-electron chi connectivity index (χ4n) is 2.48. The summed E-state index contributed by atoms with van der Waals surface area (Å²) in [6.07, 6.45) is 4.86. The van der Waals surface area contributed by atoms with E-state index in [4.69, 9.17) is 0 Å². The smallest absolute Gasteiger partial charge is 0.311 e. The molecule has 0 aliphatic carbocycles. The van der Waals surface area contributed by atoms with E-state index in [1.807, 2.05) is 0 Å². The molecule has 0 saturated carbocycles. The molecule has 1 aromatic rings. The predicted molar refractivity (Wildman–Crippen MR) is 79.9 cm³/mol. The van der Waals surface area contributed by atoms with Gasteiger partial charge in [-0.1, -0.05) is 25.0 Å². The van der Waals surface area contributed by atoms with E-state index in [0.717, 1.165) is 31.2 Å². The van der Waals surface area contributed by atoms with Crippen molar-refractivity contribution in [2.45, 2.75) is 32.1 Å². The lowest BCUT2D eigenvalue weighted by atomic mass is 10.1. The van der Waals surface area contributed by atoms with Gasteiger partial charge in [0.1, 0.15) is 5.75 Å². The van der Waals surface area contributed by atoms with Gasteiger partial charge in [-0.05, 0) is 37.0 Å². The van der Waals surface area contributed by atoms with Gasteiger partial charge < -0.3 is 15.3 Å². The molecule has 1 heterocycles. The summed E-state index contributed by atoms with van der Waals surface area (Å²) >= 11 is 0. The Labute approximate surface area is 125 Å². The molecule has 1 saturated heterocycles. The minimum Gasteiger partial charge on any atom is -0.508 e. The summed E-state index contributed by atoms with van der Waals surface area (Å²) in [7, 11) is 0. The Balaban J connectivity index is 1.75. The first-order chi connectivity index (χ1) is 10.2. The Kier molecular flexibility index (Phi) is 5.60. The van der Waals surface area contributed by atoms with Gasteiger partial charge >= 0.3 is 11.8 Å². The van der Waals surface area contributed by atoms with Gasteiger partial charge in [0, 0.05) is 19.6 Å². The second-order valence-electron chi connectivity index (χ2n) is 5.38. The highest BCUT2D eigenvalue weighted by Crippen LogP contribution is 2.10. The van der Waals surface area contributed by atoms with Crippen LogP contribution >= 0.6 is 0 Å². The number of carbonyl (C=O) groups is 2. The van der Waals surface area contributed by atoms with Crippen molar-refractivity contribution in [1.29, 1.82) is 0 Å². The van der Waals surface area contributed by atoms with Crippen LogP contribution in [0.5, 0.6) is 5.75 Å². The minimum absolute atomic E-state index is 0.221. The van der Waals surface area contributed by atoms with E-state index in [1.54, 1.807) is 29.2 Å². The number of phenols is 1. The van der Waals surface area contributed by atoms with E-state index in [0.29, 0.717) is 26.1 Å². The number of benzene rings is 1. The van der Waals surface area contributed by atoms with Gasteiger partial charge in [0.2, 0.25) is 0 Å². The van der Waals surface area contributed by atoms with Crippen LogP contribution in [0.4, 0.5) is 0 Å². The first kappa shape index (κ1) is 15.4. The van der Waals surface area contributed by atoms with Crippen molar-refractivity contribution in [1.82, 2.24) is 10.2 Å². The largest absolute Gasteiger partial charge is 0.508 e. The van der Waals surface area contributed by atoms with Crippen LogP contribution in [0.2, 0.25) is 0 Å². The molecule has 0 spiro atoms. The lowest BCUT2D eigenvalue weighted by Gasteiger charge is -2.19. The van der Waals surface area contributed by atoms with Crippen LogP contribution < -0.4 is 5.32 Å². The number of phenolic OH excluding ortho intramolecular Hbond substituents is 1. The molecule has 114 valence electrons. The van der Waals surface area contributed by atoms with Crippen molar-refractivity contribution in [3.8, 4) is 5.75 Å². The number of aromatic hydroxyl groups is 1. The minimum atomic E-state index is -0.518. The highest BCUT2D eigenvalue weighted by molar-refractivity contribution is 6.35. The third-order valence-corrected chi connectivity index (χ3v) is 3.72. The van der Waals surface area contributed by atoms with Crippen molar-refractivity contribution in [3.05, 3.63) is 29.8 Å². The number of hydrogen-bond donors (Lipinski definition) is 2. The van der Waals surface area contributed by atoms with Crippen molar-refractivity contribution in [2.24, 2.45) is 0 Å². The molecular weight excluding hydrogens is 268 g/mol. The second-order valence-corrected chi connectivity index (χ2v) is 5.38. The van der Waals surface area contributed by atoms with Gasteiger partial charge in [-0.3, -0.25) is 9.59 Å². The fourth-order valence-corrected chi connectivity index (χ4v) is 2.48. The predicted octanol–water partition coefficient (Wildman–Crippen LogP) is 1.45. The molecule has 21 heavy (non-hydrogen) atoms. The number of likely N-dealkylation sites (tertiary alicyclic amines) is 1. The van der Waals surface area contributed by atoms with Crippen molar-refractivity contribution in [3.63, 3.8) is 0 Å². The summed E-state index contributed by atoms with van der Waals surface area (Å²) in [6.45, 7) is 1.79. The van der Waals surface area contributed by atoms with E-state index < -0.39 is 11.8 Å². The molecule has 0 unspecified atom stereocenters. The Bertz CT molecular complexity index is 477. The Hall–Kier alpha value is -2.04. The highest BCUT2D eigenvalue weighted by atomic mass is 16.3. The molecule has 5 nitrogen and oxygen atoms in total. The summed E-state index contributed by atoms with van der Waals surface area (Å²) in [5.41, 5.74) is 1.01. The summed E-state index contributed by atoms with van der Waals surface area (Å²) in [6, 6.07) is 6.83. The van der Waals surface area contributed by atoms with Crippen LogP contribution in [0.15, 0.2) is 24.3 Å². The fraction of sp³-hybridized carbons (Fsp3) is 0.500. The standard InChI is InChI=1S/C16H22N2O3/c19-14-7-5-13(6-8-14)9-10-17-15(20)16(21)18-11-3-1-2-4-12-18/h5-8,19H,1-4,9-12H2,(H,17,20). The average molecular weight is 290 g/mol. The number of amides is 2. The molecule has 1 aliphatic heterocycles. The lowest BCUT2D eigenvalue weighted by molar-refractivity contribution is -0.145. The van der Waals surface area contributed by atoms with Crippen LogP contribution in [0.1, 0.15) is 31.2 Å². The number of hydrogen-bond acceptors (Lipinski definition) is 3. The van der Waals surface area contributed by atoms with Crippen molar-refractivity contribution in [2.75, 3.05) is 19.6 Å². The molecule has 0 atom stereocenters. The number of carbonyl (C=O) groups excluding carboxylic acids is 2. The van der Waals surface area contributed by atoms with E-state index in [9.17, 15) is 14.7 Å². The Morgan fingerprint density at radius 1 is 1.05 bits per heavy atom. The van der Waals surface area contributed by atoms with Gasteiger partial charge in [0.25, 0.3) is 0 Å². The summed E-state index contributed by atoms with van der Waals surface area (Å²) in [4.78, 5) is 25.5. The number of nitrogens with one attached hydrogen (secondary N) is 1. The molecule has 5 heteroatoms. The van der Waals surface area contributed by atoms with Crippen molar-refractivity contribution >= 4 is 11.8 Å². The van der Waals surface area contributed by atoms with E-state index in [1.165, 1.54) is 0 Å². The molecule has 2 N–H and O–H groups in total. The topological polar surface area (TPSA) is 69.6 Å². The van der Waals surface area contributed by atoms with Gasteiger partial charge in [-0.25, -0.2) is 0 Å². The number of nitrogens with zero attached hydrogens (tertiary/aromatic N) is 1. The summed E-state index contributed by atoms with van der Waals surface area (Å²) < 4.78 is 0. The summed E-state index contributed by atoms with van der Waals surface area (Å²) in [5.74, 6) is -0.711. The molecule has 0 radical (unpaired) electrons. The van der Waals surface area contributed by atoms with Gasteiger partial charge in [-0.2, -0.15) is 0 Å². The SMILES string of the molecule is O=C(NCCc1ccc(O)cc1)C(=O)N1CCCCCC1. The summed E-state index contributed by atoms with van der Waals surface area (Å²) in [5, 5.41) is 11.9. The van der Waals surface area contributed by atoms with Crippen LogP contribution in [0.25, 0.3) is 0 Å². The molecule has 0 aromatic heterocycles. The molecule has 1 aromatic carbocycles. The van der Waals surface area contributed by atoms with Gasteiger partial charge in [-0.15, -0.1) is 0 Å². The average Bonchev–Trinajstić information content (AvgIpc) is 2.77. The maximum absolute atomic E-state index is 12.0. The van der Waals surface area contributed by atoms with Gasteiger partial charge in [0.15, 0.2) is 0 Å². The van der Waals surface area contributed by atoms with Crippen LogP contribution in [-0.4, -0.2) is 41.5 Å². The third-order valence-electron chi connectivity index (χ3n) is 3.72. The normalized spacial score (nSPS) is 15.3.